The second-order valence-electron chi connectivity index (χ2n) is 5.12. The predicted octanol–water partition coefficient (Wildman–Crippen LogP) is -0.225. The number of morpholine rings is 1. The van der Waals surface area contributed by atoms with E-state index in [1.807, 2.05) is 13.8 Å². The number of ether oxygens (including phenoxy) is 2. The molecule has 104 valence electrons. The van der Waals surface area contributed by atoms with Crippen LogP contribution in [0.25, 0.3) is 0 Å². The normalized spacial score (nSPS) is 21.1. The third kappa shape index (κ3) is 4.62. The van der Waals surface area contributed by atoms with Gasteiger partial charge in [-0.1, -0.05) is 0 Å². The number of nitrogens with one attached hydrogen (secondary N) is 1. The maximum absolute atomic E-state index is 11.6. The van der Waals surface area contributed by atoms with E-state index in [0.717, 1.165) is 13.1 Å². The molecule has 1 aliphatic rings. The fraction of sp³-hybridized carbons (Fsp3) is 0.833. The molecule has 1 atom stereocenters. The van der Waals surface area contributed by atoms with E-state index >= 15 is 0 Å². The topological polar surface area (TPSA) is 67.9 Å². The summed E-state index contributed by atoms with van der Waals surface area (Å²) in [6.07, 6.45) is 0. The van der Waals surface area contributed by atoms with Gasteiger partial charge in [0.05, 0.1) is 19.3 Å². The summed E-state index contributed by atoms with van der Waals surface area (Å²) < 4.78 is 10.3. The molecule has 1 fully saturated rings. The number of rotatable bonds is 4. The molecule has 0 aromatic rings. The summed E-state index contributed by atoms with van der Waals surface area (Å²) in [6.45, 7) is 7.94. The molecule has 0 saturated carbocycles. The summed E-state index contributed by atoms with van der Waals surface area (Å²) in [5.74, 6) is -0.660. The van der Waals surface area contributed by atoms with Gasteiger partial charge in [-0.25, -0.2) is 4.79 Å². The Bertz CT molecular complexity index is 317. The van der Waals surface area contributed by atoms with Gasteiger partial charge in [0.2, 0.25) is 5.91 Å². The van der Waals surface area contributed by atoms with Crippen LogP contribution >= 0.6 is 0 Å². The van der Waals surface area contributed by atoms with Gasteiger partial charge in [-0.15, -0.1) is 0 Å². The van der Waals surface area contributed by atoms with E-state index in [2.05, 4.69) is 10.2 Å². The monoisotopic (exact) mass is 258 g/mol. The highest BCUT2D eigenvalue weighted by molar-refractivity contribution is 5.83. The highest BCUT2D eigenvalue weighted by Gasteiger charge is 2.30. The Morgan fingerprint density at radius 2 is 2.17 bits per heavy atom. The van der Waals surface area contributed by atoms with Crippen LogP contribution in [0.1, 0.15) is 20.8 Å². The van der Waals surface area contributed by atoms with Gasteiger partial charge in [0.15, 0.2) is 0 Å². The lowest BCUT2D eigenvalue weighted by Crippen LogP contribution is -2.54. The first kappa shape index (κ1) is 14.9. The Hall–Kier alpha value is -1.14. The Balaban J connectivity index is 2.59. The van der Waals surface area contributed by atoms with Gasteiger partial charge < -0.3 is 14.8 Å². The zero-order valence-corrected chi connectivity index (χ0v) is 11.5. The van der Waals surface area contributed by atoms with Crippen LogP contribution in [0.2, 0.25) is 0 Å². The van der Waals surface area contributed by atoms with Crippen molar-refractivity contribution in [2.75, 3.05) is 33.4 Å². The Kier molecular flexibility index (Phi) is 5.10. The fourth-order valence-corrected chi connectivity index (χ4v) is 2.09. The van der Waals surface area contributed by atoms with Crippen molar-refractivity contribution in [3.63, 3.8) is 0 Å². The molecule has 0 aromatic carbocycles. The number of methoxy groups -OCH3 is 1. The predicted molar refractivity (Wildman–Crippen MR) is 66.1 cm³/mol. The molecule has 1 unspecified atom stereocenters. The highest BCUT2D eigenvalue weighted by atomic mass is 16.5. The fourth-order valence-electron chi connectivity index (χ4n) is 2.09. The van der Waals surface area contributed by atoms with E-state index in [1.54, 1.807) is 0 Å². The van der Waals surface area contributed by atoms with Crippen LogP contribution in [0.15, 0.2) is 0 Å². The molecule has 1 amide bonds. The molecule has 6 nitrogen and oxygen atoms in total. The molecule has 1 N–H and O–H groups in total. The number of nitrogens with zero attached hydrogens (tertiary/aromatic N) is 1. The van der Waals surface area contributed by atoms with Crippen LogP contribution in [0.4, 0.5) is 0 Å². The van der Waals surface area contributed by atoms with E-state index in [1.165, 1.54) is 14.0 Å². The summed E-state index contributed by atoms with van der Waals surface area (Å²) in [5, 5.41) is 2.61. The van der Waals surface area contributed by atoms with Crippen LogP contribution in [0, 0.1) is 0 Å². The van der Waals surface area contributed by atoms with E-state index < -0.39 is 12.0 Å². The van der Waals surface area contributed by atoms with Crippen molar-refractivity contribution in [3.8, 4) is 0 Å². The van der Waals surface area contributed by atoms with Crippen molar-refractivity contribution in [3.05, 3.63) is 0 Å². The van der Waals surface area contributed by atoms with Crippen molar-refractivity contribution in [1.29, 1.82) is 0 Å². The summed E-state index contributed by atoms with van der Waals surface area (Å²) in [6, 6.07) is -0.624. The molecule has 18 heavy (non-hydrogen) atoms. The van der Waals surface area contributed by atoms with Crippen LogP contribution < -0.4 is 5.32 Å². The third-order valence-electron chi connectivity index (χ3n) is 2.81. The Morgan fingerprint density at radius 1 is 1.50 bits per heavy atom. The van der Waals surface area contributed by atoms with Crippen molar-refractivity contribution in [1.82, 2.24) is 10.2 Å². The first-order valence-electron chi connectivity index (χ1n) is 6.05. The number of amides is 1. The lowest BCUT2D eigenvalue weighted by atomic mass is 10.1. The SMILES string of the molecule is COC(=O)C(CN1CCOC(C)(C)C1)NC(C)=O. The lowest BCUT2D eigenvalue weighted by Gasteiger charge is -2.39. The average molecular weight is 258 g/mol. The molecule has 1 saturated heterocycles. The van der Waals surface area contributed by atoms with Gasteiger partial charge in [-0.3, -0.25) is 9.69 Å². The minimum atomic E-state index is -0.624. The van der Waals surface area contributed by atoms with Crippen LogP contribution in [0.3, 0.4) is 0 Å². The largest absolute Gasteiger partial charge is 0.467 e. The summed E-state index contributed by atoms with van der Waals surface area (Å²) in [4.78, 5) is 24.8. The van der Waals surface area contributed by atoms with Gasteiger partial charge >= 0.3 is 5.97 Å². The lowest BCUT2D eigenvalue weighted by molar-refractivity contribution is -0.147. The second kappa shape index (κ2) is 6.15. The summed E-state index contributed by atoms with van der Waals surface area (Å²) in [7, 11) is 1.32. The first-order valence-corrected chi connectivity index (χ1v) is 6.05. The molecule has 0 radical (unpaired) electrons. The maximum atomic E-state index is 11.6. The van der Waals surface area contributed by atoms with Crippen LogP contribution in [-0.2, 0) is 19.1 Å². The molecule has 0 aliphatic carbocycles. The molecule has 1 rings (SSSR count). The standard InChI is InChI=1S/C12H22N2O4/c1-9(15)13-10(11(16)17-4)7-14-5-6-18-12(2,3)8-14/h10H,5-8H2,1-4H3,(H,13,15). The maximum Gasteiger partial charge on any atom is 0.329 e. The minimum absolute atomic E-state index is 0.227. The summed E-state index contributed by atoms with van der Waals surface area (Å²) in [5.41, 5.74) is -0.227. The quantitative estimate of drug-likeness (QED) is 0.706. The van der Waals surface area contributed by atoms with Crippen LogP contribution in [-0.4, -0.2) is 61.8 Å². The molecular formula is C12H22N2O4. The minimum Gasteiger partial charge on any atom is -0.467 e. The molecule has 0 aromatic heterocycles. The van der Waals surface area contributed by atoms with E-state index in [4.69, 9.17) is 9.47 Å². The van der Waals surface area contributed by atoms with E-state index in [0.29, 0.717) is 13.2 Å². The number of esters is 1. The van der Waals surface area contributed by atoms with Gasteiger partial charge in [0.1, 0.15) is 6.04 Å². The molecule has 6 heteroatoms. The van der Waals surface area contributed by atoms with E-state index in [-0.39, 0.29) is 11.5 Å². The highest BCUT2D eigenvalue weighted by Crippen LogP contribution is 2.16. The van der Waals surface area contributed by atoms with Gasteiger partial charge in [0.25, 0.3) is 0 Å². The second-order valence-corrected chi connectivity index (χ2v) is 5.12. The van der Waals surface area contributed by atoms with Gasteiger partial charge in [-0.2, -0.15) is 0 Å². The zero-order valence-electron chi connectivity index (χ0n) is 11.5. The smallest absolute Gasteiger partial charge is 0.329 e. The Labute approximate surface area is 108 Å². The van der Waals surface area contributed by atoms with E-state index in [9.17, 15) is 9.59 Å². The zero-order chi connectivity index (χ0) is 13.8. The van der Waals surface area contributed by atoms with Crippen molar-refractivity contribution in [2.45, 2.75) is 32.4 Å². The third-order valence-corrected chi connectivity index (χ3v) is 2.81. The average Bonchev–Trinajstić information content (AvgIpc) is 2.25. The molecule has 1 heterocycles. The summed E-state index contributed by atoms with van der Waals surface area (Å²) >= 11 is 0. The van der Waals surface area contributed by atoms with Gasteiger partial charge in [0, 0.05) is 26.6 Å². The van der Waals surface area contributed by atoms with Crippen molar-refractivity contribution < 1.29 is 19.1 Å². The number of carbonyl (C=O) groups is 2. The molecule has 0 spiro atoms. The Morgan fingerprint density at radius 3 is 2.67 bits per heavy atom. The van der Waals surface area contributed by atoms with Crippen molar-refractivity contribution >= 4 is 11.9 Å². The van der Waals surface area contributed by atoms with Gasteiger partial charge in [-0.05, 0) is 13.8 Å². The number of carbonyl (C=O) groups excluding carboxylic acids is 2. The number of hydrogen-bond donors (Lipinski definition) is 1. The number of hydrogen-bond acceptors (Lipinski definition) is 5. The molecular weight excluding hydrogens is 236 g/mol. The molecule has 0 bridgehead atoms. The molecule has 1 aliphatic heterocycles. The van der Waals surface area contributed by atoms with Crippen LogP contribution in [0.5, 0.6) is 0 Å². The first-order chi connectivity index (χ1) is 8.34. The van der Waals surface area contributed by atoms with Crippen molar-refractivity contribution in [2.24, 2.45) is 0 Å².